The molecule has 36 heavy (non-hydrogen) atoms. The molecule has 0 radical (unpaired) electrons. The number of carbonyl (C=O) groups is 1. The van der Waals surface area contributed by atoms with Crippen LogP contribution in [-0.4, -0.2) is 43.2 Å². The molecule has 2 aliphatic rings. The number of methoxy groups -OCH3 is 1. The Balaban J connectivity index is 1.17. The van der Waals surface area contributed by atoms with Crippen LogP contribution in [0, 0.1) is 0 Å². The van der Waals surface area contributed by atoms with Crippen LogP contribution in [0.1, 0.15) is 37.3 Å². The molecule has 0 bridgehead atoms. The van der Waals surface area contributed by atoms with Crippen molar-refractivity contribution in [1.29, 1.82) is 0 Å². The van der Waals surface area contributed by atoms with E-state index in [0.717, 1.165) is 35.5 Å². The molecule has 3 aromatic rings. The summed E-state index contributed by atoms with van der Waals surface area (Å²) in [5.41, 5.74) is 4.22. The zero-order valence-electron chi connectivity index (χ0n) is 21.0. The van der Waals surface area contributed by atoms with Gasteiger partial charge >= 0.3 is 0 Å². The Hall–Kier alpha value is -3.73. The molecule has 0 aromatic heterocycles. The number of hydrogen-bond acceptors (Lipinski definition) is 4. The molecule has 5 heteroatoms. The van der Waals surface area contributed by atoms with Gasteiger partial charge in [-0.05, 0) is 60.4 Å². The lowest BCUT2D eigenvalue weighted by molar-refractivity contribution is -0.133. The van der Waals surface area contributed by atoms with Crippen LogP contribution in [-0.2, 0) is 11.2 Å². The minimum absolute atomic E-state index is 0.186. The third-order valence-corrected chi connectivity index (χ3v) is 7.11. The summed E-state index contributed by atoms with van der Waals surface area (Å²) in [4.78, 5) is 14.9. The molecule has 2 heterocycles. The highest BCUT2D eigenvalue weighted by atomic mass is 16.5. The van der Waals surface area contributed by atoms with Gasteiger partial charge in [-0.25, -0.2) is 0 Å². The summed E-state index contributed by atoms with van der Waals surface area (Å²) in [5.74, 6) is 2.54. The maximum absolute atomic E-state index is 12.9. The zero-order valence-corrected chi connectivity index (χ0v) is 21.0. The van der Waals surface area contributed by atoms with Crippen LogP contribution in [0.4, 0.5) is 0 Å². The van der Waals surface area contributed by atoms with Crippen LogP contribution in [0.15, 0.2) is 72.8 Å². The molecule has 3 aromatic carbocycles. The number of ether oxygens (including phenoxy) is 3. The summed E-state index contributed by atoms with van der Waals surface area (Å²) in [6, 6.07) is 22.6. The molecule has 1 fully saturated rings. The molecule has 1 amide bonds. The van der Waals surface area contributed by atoms with Crippen molar-refractivity contribution < 1.29 is 19.0 Å². The summed E-state index contributed by atoms with van der Waals surface area (Å²) in [6.45, 7) is 3.94. The standard InChI is InChI=1S/C31H33NO4/c1-3-35-28-12-9-23(21-29(28)34-2)10-14-30(33)32-19-17-31(18-20-32)16-15-26-22-25(11-13-27(26)36-31)24-7-5-4-6-8-24/h4-9,11-13,15-16,21-22H,3,10,14,17-20H2,1-2H3. The number of aryl methyl sites for hydroxylation is 1. The first-order chi connectivity index (χ1) is 17.6. The quantitative estimate of drug-likeness (QED) is 0.404. The third kappa shape index (κ3) is 5.11. The maximum Gasteiger partial charge on any atom is 0.222 e. The molecule has 0 saturated carbocycles. The van der Waals surface area contributed by atoms with Crippen LogP contribution >= 0.6 is 0 Å². The molecular formula is C31H33NO4. The Kier molecular flexibility index (Phi) is 6.99. The van der Waals surface area contributed by atoms with Gasteiger partial charge in [-0.1, -0.05) is 48.5 Å². The summed E-state index contributed by atoms with van der Waals surface area (Å²) >= 11 is 0. The molecule has 186 valence electrons. The third-order valence-electron chi connectivity index (χ3n) is 7.11. The van der Waals surface area contributed by atoms with Gasteiger partial charge in [0.05, 0.1) is 13.7 Å². The Morgan fingerprint density at radius 3 is 2.53 bits per heavy atom. The highest BCUT2D eigenvalue weighted by Gasteiger charge is 2.37. The summed E-state index contributed by atoms with van der Waals surface area (Å²) < 4.78 is 17.5. The lowest BCUT2D eigenvalue weighted by Gasteiger charge is -2.42. The maximum atomic E-state index is 12.9. The van der Waals surface area contributed by atoms with Crippen LogP contribution < -0.4 is 14.2 Å². The number of piperidine rings is 1. The van der Waals surface area contributed by atoms with E-state index in [1.165, 1.54) is 11.1 Å². The smallest absolute Gasteiger partial charge is 0.222 e. The highest BCUT2D eigenvalue weighted by molar-refractivity contribution is 5.77. The van der Waals surface area contributed by atoms with Crippen LogP contribution in [0.3, 0.4) is 0 Å². The van der Waals surface area contributed by atoms with Gasteiger partial charge in [-0.3, -0.25) is 4.79 Å². The van der Waals surface area contributed by atoms with E-state index < -0.39 is 0 Å². The Labute approximate surface area is 213 Å². The second kappa shape index (κ2) is 10.5. The van der Waals surface area contributed by atoms with Gasteiger partial charge in [-0.2, -0.15) is 0 Å². The number of benzene rings is 3. The second-order valence-electron chi connectivity index (χ2n) is 9.42. The van der Waals surface area contributed by atoms with Crippen molar-refractivity contribution in [3.8, 4) is 28.4 Å². The number of likely N-dealkylation sites (tertiary alicyclic amines) is 1. The Bertz CT molecular complexity index is 1240. The van der Waals surface area contributed by atoms with Crippen LogP contribution in [0.2, 0.25) is 0 Å². The molecular weight excluding hydrogens is 450 g/mol. The lowest BCUT2D eigenvalue weighted by atomic mass is 9.87. The van der Waals surface area contributed by atoms with E-state index in [2.05, 4.69) is 54.6 Å². The molecule has 2 aliphatic heterocycles. The van der Waals surface area contributed by atoms with Gasteiger partial charge in [-0.15, -0.1) is 0 Å². The SMILES string of the molecule is CCOc1ccc(CCC(=O)N2CCC3(C=Cc4cc(-c5ccccc5)ccc4O3)CC2)cc1OC. The second-order valence-corrected chi connectivity index (χ2v) is 9.42. The van der Waals surface area contributed by atoms with Crippen molar-refractivity contribution in [2.75, 3.05) is 26.8 Å². The minimum Gasteiger partial charge on any atom is -0.493 e. The van der Waals surface area contributed by atoms with E-state index in [-0.39, 0.29) is 11.5 Å². The Morgan fingerprint density at radius 2 is 1.78 bits per heavy atom. The zero-order chi connectivity index (χ0) is 25.0. The van der Waals surface area contributed by atoms with E-state index in [4.69, 9.17) is 14.2 Å². The summed E-state index contributed by atoms with van der Waals surface area (Å²) in [7, 11) is 1.64. The molecule has 5 rings (SSSR count). The van der Waals surface area contributed by atoms with Gasteiger partial charge in [0.25, 0.3) is 0 Å². The van der Waals surface area contributed by atoms with E-state index in [1.54, 1.807) is 7.11 Å². The minimum atomic E-state index is -0.333. The molecule has 0 N–H and O–H groups in total. The number of carbonyl (C=O) groups excluding carboxylic acids is 1. The van der Waals surface area contributed by atoms with E-state index in [1.807, 2.05) is 36.1 Å². The molecule has 1 saturated heterocycles. The van der Waals surface area contributed by atoms with Crippen molar-refractivity contribution in [3.63, 3.8) is 0 Å². The highest BCUT2D eigenvalue weighted by Crippen LogP contribution is 2.39. The number of nitrogens with zero attached hydrogens (tertiary/aromatic N) is 1. The summed E-state index contributed by atoms with van der Waals surface area (Å²) in [5, 5.41) is 0. The average Bonchev–Trinajstić information content (AvgIpc) is 2.93. The lowest BCUT2D eigenvalue weighted by Crippen LogP contribution is -2.49. The molecule has 0 aliphatic carbocycles. The van der Waals surface area contributed by atoms with Gasteiger partial charge in [0, 0.05) is 37.9 Å². The number of amides is 1. The van der Waals surface area contributed by atoms with E-state index in [0.29, 0.717) is 38.3 Å². The van der Waals surface area contributed by atoms with Crippen molar-refractivity contribution in [1.82, 2.24) is 4.90 Å². The fourth-order valence-electron chi connectivity index (χ4n) is 5.03. The van der Waals surface area contributed by atoms with Crippen molar-refractivity contribution in [2.45, 2.75) is 38.2 Å². The van der Waals surface area contributed by atoms with E-state index >= 15 is 0 Å². The van der Waals surface area contributed by atoms with Gasteiger partial charge < -0.3 is 19.1 Å². The number of rotatable bonds is 7. The fraction of sp³-hybridized carbons (Fsp3) is 0.323. The van der Waals surface area contributed by atoms with Crippen molar-refractivity contribution in [2.24, 2.45) is 0 Å². The number of hydrogen-bond donors (Lipinski definition) is 0. The van der Waals surface area contributed by atoms with Crippen LogP contribution in [0.25, 0.3) is 17.2 Å². The normalized spacial score (nSPS) is 15.8. The van der Waals surface area contributed by atoms with Gasteiger partial charge in [0.15, 0.2) is 11.5 Å². The molecule has 0 unspecified atom stereocenters. The van der Waals surface area contributed by atoms with Gasteiger partial charge in [0.1, 0.15) is 11.4 Å². The first kappa shape index (κ1) is 24.0. The van der Waals surface area contributed by atoms with E-state index in [9.17, 15) is 4.79 Å². The van der Waals surface area contributed by atoms with Crippen molar-refractivity contribution in [3.05, 3.63) is 83.9 Å². The average molecular weight is 484 g/mol. The summed E-state index contributed by atoms with van der Waals surface area (Å²) in [6.07, 6.45) is 7.13. The predicted octanol–water partition coefficient (Wildman–Crippen LogP) is 6.16. The molecule has 0 atom stereocenters. The van der Waals surface area contributed by atoms with Gasteiger partial charge in [0.2, 0.25) is 5.91 Å². The topological polar surface area (TPSA) is 48.0 Å². The monoisotopic (exact) mass is 483 g/mol. The van der Waals surface area contributed by atoms with Crippen molar-refractivity contribution >= 4 is 12.0 Å². The number of fused-ring (bicyclic) bond motifs is 1. The molecule has 5 nitrogen and oxygen atoms in total. The fourth-order valence-corrected chi connectivity index (χ4v) is 5.03. The largest absolute Gasteiger partial charge is 0.493 e. The van der Waals surface area contributed by atoms with Crippen LogP contribution in [0.5, 0.6) is 17.2 Å². The predicted molar refractivity (Wildman–Crippen MR) is 143 cm³/mol. The first-order valence-electron chi connectivity index (χ1n) is 12.7. The molecule has 1 spiro atoms. The first-order valence-corrected chi connectivity index (χ1v) is 12.7. The Morgan fingerprint density at radius 1 is 0.972 bits per heavy atom.